The number of hydrogen-bond donors (Lipinski definition) is 1. The van der Waals surface area contributed by atoms with Crippen LogP contribution in [0.15, 0.2) is 46.9 Å². The molecule has 0 radical (unpaired) electrons. The Balaban J connectivity index is 1.68. The van der Waals surface area contributed by atoms with Crippen molar-refractivity contribution in [2.75, 3.05) is 5.43 Å². The summed E-state index contributed by atoms with van der Waals surface area (Å²) in [6.07, 6.45) is 1.93. The average Bonchev–Trinajstić information content (AvgIpc) is 3.16. The highest BCUT2D eigenvalue weighted by Gasteiger charge is 2.09. The van der Waals surface area contributed by atoms with E-state index >= 15 is 0 Å². The quantitative estimate of drug-likeness (QED) is 0.474. The van der Waals surface area contributed by atoms with Gasteiger partial charge in [-0.25, -0.2) is 4.98 Å². The molecule has 0 aliphatic rings. The number of hydrazone groups is 1. The molecule has 0 atom stereocenters. The van der Waals surface area contributed by atoms with Gasteiger partial charge in [0.2, 0.25) is 5.13 Å². The summed E-state index contributed by atoms with van der Waals surface area (Å²) >= 11 is 3.30. The first-order valence-electron chi connectivity index (χ1n) is 7.69. The molecule has 0 fully saturated rings. The Hall–Kier alpha value is -2.18. The predicted molar refractivity (Wildman–Crippen MR) is 104 cm³/mol. The normalized spacial score (nSPS) is 11.3. The van der Waals surface area contributed by atoms with Crippen LogP contribution in [0.1, 0.15) is 24.3 Å². The second kappa shape index (κ2) is 7.59. The smallest absolute Gasteiger partial charge is 0.204 e. The van der Waals surface area contributed by atoms with Crippen molar-refractivity contribution in [3.8, 4) is 16.3 Å². The van der Waals surface area contributed by atoms with Crippen LogP contribution in [0.4, 0.5) is 5.13 Å². The zero-order valence-corrected chi connectivity index (χ0v) is 15.4. The molecule has 0 aliphatic carbocycles. The molecule has 124 valence electrons. The van der Waals surface area contributed by atoms with E-state index < -0.39 is 0 Å². The summed E-state index contributed by atoms with van der Waals surface area (Å²) in [5.41, 5.74) is 5.02. The minimum Gasteiger partial charge on any atom is -0.491 e. The Kier molecular flexibility index (Phi) is 5.27. The molecule has 0 spiro atoms. The van der Waals surface area contributed by atoms with E-state index in [2.05, 4.69) is 33.9 Å². The van der Waals surface area contributed by atoms with Gasteiger partial charge in [-0.3, -0.25) is 5.43 Å². The first kappa shape index (κ1) is 16.7. The lowest BCUT2D eigenvalue weighted by Crippen LogP contribution is -2.05. The maximum absolute atomic E-state index is 5.69. The van der Waals surface area contributed by atoms with Crippen LogP contribution in [0.2, 0.25) is 0 Å². The molecule has 4 nitrogen and oxygen atoms in total. The Morgan fingerprint density at radius 2 is 2.12 bits per heavy atom. The van der Waals surface area contributed by atoms with Gasteiger partial charge in [0.25, 0.3) is 0 Å². The van der Waals surface area contributed by atoms with E-state index in [4.69, 9.17) is 4.74 Å². The number of ether oxygens (including phenoxy) is 1. The number of anilines is 1. The summed E-state index contributed by atoms with van der Waals surface area (Å²) in [4.78, 5) is 6.98. The molecule has 6 heteroatoms. The highest BCUT2D eigenvalue weighted by molar-refractivity contribution is 7.17. The Morgan fingerprint density at radius 3 is 2.88 bits per heavy atom. The first-order valence-corrected chi connectivity index (χ1v) is 9.38. The largest absolute Gasteiger partial charge is 0.491 e. The van der Waals surface area contributed by atoms with Gasteiger partial charge in [0, 0.05) is 4.88 Å². The van der Waals surface area contributed by atoms with E-state index in [0.717, 1.165) is 22.1 Å². The highest BCUT2D eigenvalue weighted by atomic mass is 32.1. The first-order chi connectivity index (χ1) is 11.6. The molecule has 2 heterocycles. The molecule has 1 N–H and O–H groups in total. The van der Waals surface area contributed by atoms with Gasteiger partial charge >= 0.3 is 0 Å². The summed E-state index contributed by atoms with van der Waals surface area (Å²) in [6.45, 7) is 6.10. The van der Waals surface area contributed by atoms with E-state index in [1.54, 1.807) is 28.9 Å². The van der Waals surface area contributed by atoms with Gasteiger partial charge in [-0.2, -0.15) is 5.10 Å². The molecule has 3 aromatic rings. The van der Waals surface area contributed by atoms with Crippen molar-refractivity contribution in [1.29, 1.82) is 0 Å². The van der Waals surface area contributed by atoms with Gasteiger partial charge in [-0.05, 0) is 49.9 Å². The minimum absolute atomic E-state index is 0.157. The summed E-state index contributed by atoms with van der Waals surface area (Å²) < 4.78 is 5.69. The van der Waals surface area contributed by atoms with Crippen LogP contribution < -0.4 is 10.2 Å². The average molecular weight is 358 g/mol. The number of nitrogens with zero attached hydrogens (tertiary/aromatic N) is 2. The number of rotatable bonds is 6. The fourth-order valence-electron chi connectivity index (χ4n) is 2.19. The van der Waals surface area contributed by atoms with Crippen LogP contribution in [0, 0.1) is 6.92 Å². The lowest BCUT2D eigenvalue weighted by atomic mass is 10.2. The Bertz CT molecular complexity index is 823. The number of benzene rings is 1. The van der Waals surface area contributed by atoms with Crippen molar-refractivity contribution in [3.63, 3.8) is 0 Å². The molecule has 0 saturated heterocycles. The van der Waals surface area contributed by atoms with Crippen LogP contribution in [-0.2, 0) is 0 Å². The lowest BCUT2D eigenvalue weighted by Gasteiger charge is -2.09. The standard InChI is InChI=1S/C18H19N3OS2/c1-12(2)22-15-7-4-6-14(10-15)11-19-21-18-20-17(13(3)24-18)16-8-5-9-23-16/h4-12H,1-3H3,(H,20,21)/b19-11-. The van der Waals surface area contributed by atoms with E-state index in [9.17, 15) is 0 Å². The van der Waals surface area contributed by atoms with Crippen molar-refractivity contribution in [3.05, 3.63) is 52.2 Å². The Labute approximate surface area is 149 Å². The topological polar surface area (TPSA) is 46.5 Å². The summed E-state index contributed by atoms with van der Waals surface area (Å²) in [5, 5.41) is 7.14. The highest BCUT2D eigenvalue weighted by Crippen LogP contribution is 2.32. The second-order valence-electron chi connectivity index (χ2n) is 5.51. The second-order valence-corrected chi connectivity index (χ2v) is 7.66. The number of hydrogen-bond acceptors (Lipinski definition) is 6. The van der Waals surface area contributed by atoms with E-state index in [1.165, 1.54) is 9.75 Å². The molecular formula is C18H19N3OS2. The molecule has 0 bridgehead atoms. The number of thiophene rings is 1. The number of nitrogens with one attached hydrogen (secondary N) is 1. The van der Waals surface area contributed by atoms with Gasteiger partial charge in [-0.15, -0.1) is 22.7 Å². The SMILES string of the molecule is Cc1sc(N/N=C\c2cccc(OC(C)C)c2)nc1-c1cccs1. The monoisotopic (exact) mass is 357 g/mol. The predicted octanol–water partition coefficient (Wildman–Crippen LogP) is 5.41. The third kappa shape index (κ3) is 4.21. The third-order valence-corrected chi connectivity index (χ3v) is 4.91. The van der Waals surface area contributed by atoms with Gasteiger partial charge in [0.1, 0.15) is 5.75 Å². The fraction of sp³-hybridized carbons (Fsp3) is 0.222. The zero-order chi connectivity index (χ0) is 16.9. The molecular weight excluding hydrogens is 338 g/mol. The van der Waals surface area contributed by atoms with E-state index in [1.807, 2.05) is 44.2 Å². The summed E-state index contributed by atoms with van der Waals surface area (Å²) in [5.74, 6) is 0.846. The Morgan fingerprint density at radius 1 is 1.25 bits per heavy atom. The molecule has 0 amide bonds. The minimum atomic E-state index is 0.157. The third-order valence-electron chi connectivity index (χ3n) is 3.15. The van der Waals surface area contributed by atoms with Crippen molar-refractivity contribution in [2.24, 2.45) is 5.10 Å². The van der Waals surface area contributed by atoms with Crippen LogP contribution in [0.25, 0.3) is 10.6 Å². The van der Waals surface area contributed by atoms with Crippen molar-refractivity contribution in [2.45, 2.75) is 26.9 Å². The zero-order valence-electron chi connectivity index (χ0n) is 13.8. The fourth-order valence-corrected chi connectivity index (χ4v) is 3.80. The van der Waals surface area contributed by atoms with Gasteiger partial charge in [0.05, 0.1) is 22.9 Å². The van der Waals surface area contributed by atoms with Crippen LogP contribution in [-0.4, -0.2) is 17.3 Å². The van der Waals surface area contributed by atoms with E-state index in [-0.39, 0.29) is 6.10 Å². The summed E-state index contributed by atoms with van der Waals surface area (Å²) in [6, 6.07) is 12.0. The van der Waals surface area contributed by atoms with Crippen molar-refractivity contribution < 1.29 is 4.74 Å². The van der Waals surface area contributed by atoms with Crippen molar-refractivity contribution in [1.82, 2.24) is 4.98 Å². The van der Waals surface area contributed by atoms with Crippen LogP contribution >= 0.6 is 22.7 Å². The number of aryl methyl sites for hydroxylation is 1. The number of aromatic nitrogens is 1. The van der Waals surface area contributed by atoms with Gasteiger partial charge in [0.15, 0.2) is 0 Å². The molecule has 1 aromatic carbocycles. The van der Waals surface area contributed by atoms with Crippen LogP contribution in [0.3, 0.4) is 0 Å². The van der Waals surface area contributed by atoms with E-state index in [0.29, 0.717) is 0 Å². The summed E-state index contributed by atoms with van der Waals surface area (Å²) in [7, 11) is 0. The maximum atomic E-state index is 5.69. The lowest BCUT2D eigenvalue weighted by molar-refractivity contribution is 0.242. The molecule has 2 aromatic heterocycles. The molecule has 24 heavy (non-hydrogen) atoms. The number of thiazole rings is 1. The maximum Gasteiger partial charge on any atom is 0.204 e. The van der Waals surface area contributed by atoms with Gasteiger partial charge in [-0.1, -0.05) is 18.2 Å². The van der Waals surface area contributed by atoms with Crippen molar-refractivity contribution >= 4 is 34.0 Å². The molecule has 0 saturated carbocycles. The molecule has 0 aliphatic heterocycles. The van der Waals surface area contributed by atoms with Gasteiger partial charge < -0.3 is 4.74 Å². The molecule has 3 rings (SSSR count). The molecule has 0 unspecified atom stereocenters. The van der Waals surface area contributed by atoms with Crippen LogP contribution in [0.5, 0.6) is 5.75 Å².